The quantitative estimate of drug-likeness (QED) is 0.511. The van der Waals surface area contributed by atoms with Crippen molar-refractivity contribution in [1.82, 2.24) is 14.5 Å². The van der Waals surface area contributed by atoms with Crippen molar-refractivity contribution in [2.45, 2.75) is 32.1 Å². The van der Waals surface area contributed by atoms with Crippen molar-refractivity contribution < 1.29 is 13.2 Å². The van der Waals surface area contributed by atoms with Crippen LogP contribution in [0.3, 0.4) is 0 Å². The molecule has 1 aliphatic rings. The summed E-state index contributed by atoms with van der Waals surface area (Å²) in [5.74, 6) is 0.158. The maximum atomic E-state index is 13.2. The zero-order valence-corrected chi connectivity index (χ0v) is 19.5. The fourth-order valence-corrected chi connectivity index (χ4v) is 4.77. The van der Waals surface area contributed by atoms with Crippen LogP contribution >= 0.6 is 0 Å². The maximum Gasteiger partial charge on any atom is 0.416 e. The Morgan fingerprint density at radius 2 is 2.00 bits per heavy atom. The molecule has 0 amide bonds. The second kappa shape index (κ2) is 9.05. The van der Waals surface area contributed by atoms with E-state index < -0.39 is 17.3 Å². The molecule has 10 heteroatoms. The van der Waals surface area contributed by atoms with Gasteiger partial charge in [0.1, 0.15) is 17.3 Å². The minimum Gasteiger partial charge on any atom is -0.364 e. The molecule has 1 aromatic carbocycles. The maximum absolute atomic E-state index is 13.2. The number of pyridine rings is 2. The Kier molecular flexibility index (Phi) is 6.27. The highest BCUT2D eigenvalue weighted by molar-refractivity contribution is 5.92. The SMILES string of the molecule is [C-]#[N+]c1ccc2c(n1)c(N1CCN(C(C)c3cccc(C(F)(F)F)c3)[C@H](C)C1)c(C#N)c(=O)n2C. The molecule has 0 radical (unpaired) electrons. The van der Waals surface area contributed by atoms with E-state index in [0.717, 1.165) is 6.07 Å². The summed E-state index contributed by atoms with van der Waals surface area (Å²) in [5.41, 5.74) is 0.725. The van der Waals surface area contributed by atoms with Crippen LogP contribution in [0.25, 0.3) is 15.9 Å². The number of piperazine rings is 1. The molecular formula is C25H23F3N6O. The van der Waals surface area contributed by atoms with E-state index in [2.05, 4.69) is 14.7 Å². The minimum atomic E-state index is -4.41. The van der Waals surface area contributed by atoms with Crippen molar-refractivity contribution in [3.05, 3.63) is 74.9 Å². The summed E-state index contributed by atoms with van der Waals surface area (Å²) < 4.78 is 41.0. The highest BCUT2D eigenvalue weighted by Gasteiger charge is 2.34. The number of fused-ring (bicyclic) bond motifs is 1. The van der Waals surface area contributed by atoms with Crippen molar-refractivity contribution in [1.29, 1.82) is 5.26 Å². The van der Waals surface area contributed by atoms with Crippen molar-refractivity contribution in [2.24, 2.45) is 7.05 Å². The van der Waals surface area contributed by atoms with Gasteiger partial charge in [-0.15, -0.1) is 4.98 Å². The largest absolute Gasteiger partial charge is 0.416 e. The Bertz CT molecular complexity index is 1430. The first-order valence-electron chi connectivity index (χ1n) is 11.1. The van der Waals surface area contributed by atoms with E-state index in [-0.39, 0.29) is 23.5 Å². The normalized spacial score (nSPS) is 17.7. The third-order valence-electron chi connectivity index (χ3n) is 6.62. The fraction of sp³-hybridized carbons (Fsp3) is 0.360. The van der Waals surface area contributed by atoms with Crippen LogP contribution in [0.5, 0.6) is 0 Å². The van der Waals surface area contributed by atoms with Gasteiger partial charge in [-0.3, -0.25) is 9.69 Å². The number of benzene rings is 1. The lowest BCUT2D eigenvalue weighted by Crippen LogP contribution is -2.53. The Balaban J connectivity index is 1.69. The van der Waals surface area contributed by atoms with E-state index >= 15 is 0 Å². The molecule has 3 aromatic rings. The Hall–Kier alpha value is -3.89. The predicted octanol–water partition coefficient (Wildman–Crippen LogP) is 4.65. The first-order valence-corrected chi connectivity index (χ1v) is 11.1. The Morgan fingerprint density at radius 1 is 1.26 bits per heavy atom. The van der Waals surface area contributed by atoms with Crippen LogP contribution in [0, 0.1) is 17.9 Å². The fourth-order valence-electron chi connectivity index (χ4n) is 4.77. The molecule has 0 bridgehead atoms. The molecule has 3 heterocycles. The number of alkyl halides is 3. The number of nitrogens with zero attached hydrogens (tertiary/aromatic N) is 6. The van der Waals surface area contributed by atoms with Crippen molar-refractivity contribution in [2.75, 3.05) is 24.5 Å². The number of aryl methyl sites for hydroxylation is 1. The van der Waals surface area contributed by atoms with E-state index in [1.165, 1.54) is 22.8 Å². The zero-order valence-electron chi connectivity index (χ0n) is 19.5. The van der Waals surface area contributed by atoms with Gasteiger partial charge in [0.25, 0.3) is 11.4 Å². The molecule has 1 unspecified atom stereocenters. The molecule has 0 N–H and O–H groups in total. The minimum absolute atomic E-state index is 0.0405. The average molecular weight is 480 g/mol. The Labute approximate surface area is 200 Å². The van der Waals surface area contributed by atoms with Gasteiger partial charge in [-0.1, -0.05) is 18.7 Å². The molecule has 1 fully saturated rings. The summed E-state index contributed by atoms with van der Waals surface area (Å²) in [6.45, 7) is 12.5. The molecule has 35 heavy (non-hydrogen) atoms. The molecule has 7 nitrogen and oxygen atoms in total. The summed E-state index contributed by atoms with van der Waals surface area (Å²) >= 11 is 0. The number of rotatable bonds is 3. The van der Waals surface area contributed by atoms with Gasteiger partial charge in [0.2, 0.25) is 5.52 Å². The molecule has 0 spiro atoms. The molecule has 1 aliphatic heterocycles. The molecule has 2 aromatic heterocycles. The summed E-state index contributed by atoms with van der Waals surface area (Å²) in [7, 11) is 1.56. The van der Waals surface area contributed by atoms with E-state index in [1.54, 1.807) is 19.2 Å². The predicted molar refractivity (Wildman–Crippen MR) is 126 cm³/mol. The second-order valence-electron chi connectivity index (χ2n) is 8.68. The number of anilines is 1. The van der Waals surface area contributed by atoms with Crippen LogP contribution in [0.15, 0.2) is 41.2 Å². The monoisotopic (exact) mass is 480 g/mol. The summed E-state index contributed by atoms with van der Waals surface area (Å²) in [4.78, 5) is 24.7. The lowest BCUT2D eigenvalue weighted by atomic mass is 10.0. The first kappa shape index (κ1) is 24.2. The highest BCUT2D eigenvalue weighted by Crippen LogP contribution is 2.35. The van der Waals surface area contributed by atoms with Gasteiger partial charge in [0.15, 0.2) is 0 Å². The van der Waals surface area contributed by atoms with Gasteiger partial charge in [-0.25, -0.2) is 0 Å². The molecular weight excluding hydrogens is 457 g/mol. The summed E-state index contributed by atoms with van der Waals surface area (Å²) in [6.07, 6.45) is -4.41. The van der Waals surface area contributed by atoms with Crippen LogP contribution < -0.4 is 10.5 Å². The van der Waals surface area contributed by atoms with Gasteiger partial charge < -0.3 is 14.3 Å². The van der Waals surface area contributed by atoms with Gasteiger partial charge in [0, 0.05) is 38.8 Å². The van der Waals surface area contributed by atoms with Crippen LogP contribution in [-0.2, 0) is 13.2 Å². The molecule has 0 aliphatic carbocycles. The number of hydrogen-bond donors (Lipinski definition) is 0. The second-order valence-corrected chi connectivity index (χ2v) is 8.68. The van der Waals surface area contributed by atoms with Gasteiger partial charge in [-0.05, 0) is 43.7 Å². The Morgan fingerprint density at radius 3 is 2.63 bits per heavy atom. The molecule has 1 saturated heterocycles. The van der Waals surface area contributed by atoms with Crippen LogP contribution in [0.1, 0.15) is 36.6 Å². The van der Waals surface area contributed by atoms with Gasteiger partial charge >= 0.3 is 6.18 Å². The van der Waals surface area contributed by atoms with E-state index in [9.17, 15) is 23.2 Å². The van der Waals surface area contributed by atoms with Crippen molar-refractivity contribution in [3.8, 4) is 6.07 Å². The van der Waals surface area contributed by atoms with Crippen LogP contribution in [0.4, 0.5) is 24.7 Å². The third-order valence-corrected chi connectivity index (χ3v) is 6.62. The van der Waals surface area contributed by atoms with E-state index in [4.69, 9.17) is 6.57 Å². The van der Waals surface area contributed by atoms with Crippen molar-refractivity contribution >= 4 is 22.5 Å². The number of nitriles is 1. The van der Waals surface area contributed by atoms with Gasteiger partial charge in [-0.2, -0.15) is 18.4 Å². The topological polar surface area (TPSA) is 69.5 Å². The summed E-state index contributed by atoms with van der Waals surface area (Å²) in [5, 5.41) is 9.81. The highest BCUT2D eigenvalue weighted by atomic mass is 19.4. The smallest absolute Gasteiger partial charge is 0.364 e. The van der Waals surface area contributed by atoms with Crippen molar-refractivity contribution in [3.63, 3.8) is 0 Å². The molecule has 0 saturated carbocycles. The zero-order chi connectivity index (χ0) is 25.5. The first-order chi connectivity index (χ1) is 16.6. The number of halogens is 3. The standard InChI is InChI=1S/C25H23F3N6O/c1-15-14-33(10-11-34(15)16(2)17-6-5-7-18(12-17)25(26,27)28)23-19(13-29)24(35)32(4)20-8-9-21(30-3)31-22(20)23/h5-9,12,15-16H,10-11,14H2,1-2,4H3/t15-,16?/m1/s1. The summed E-state index contributed by atoms with van der Waals surface area (Å²) in [6, 6.07) is 10.2. The van der Waals surface area contributed by atoms with Crippen LogP contribution in [0.2, 0.25) is 0 Å². The number of hydrogen-bond acceptors (Lipinski definition) is 5. The van der Waals surface area contributed by atoms with E-state index in [0.29, 0.717) is 41.9 Å². The molecule has 180 valence electrons. The third kappa shape index (κ3) is 4.33. The van der Waals surface area contributed by atoms with E-state index in [1.807, 2.05) is 24.8 Å². The molecule has 2 atom stereocenters. The van der Waals surface area contributed by atoms with Crippen LogP contribution in [-0.4, -0.2) is 40.1 Å². The molecule has 4 rings (SSSR count). The average Bonchev–Trinajstić information content (AvgIpc) is 2.84. The lowest BCUT2D eigenvalue weighted by Gasteiger charge is -2.44. The van der Waals surface area contributed by atoms with Gasteiger partial charge in [0.05, 0.1) is 11.1 Å². The lowest BCUT2D eigenvalue weighted by molar-refractivity contribution is -0.137. The number of aromatic nitrogens is 2.